The number of sulfonamides is 1. The Labute approximate surface area is 166 Å². The fourth-order valence-electron chi connectivity index (χ4n) is 3.15. The zero-order chi connectivity index (χ0) is 21.1. The van der Waals surface area contributed by atoms with Gasteiger partial charge in [0.2, 0.25) is 15.9 Å². The molecule has 0 aromatic heterocycles. The summed E-state index contributed by atoms with van der Waals surface area (Å²) in [6.45, 7) is -0.488. The van der Waals surface area contributed by atoms with Crippen LogP contribution in [0, 0.1) is 0 Å². The minimum Gasteiger partial charge on any atom is -0.406 e. The number of carbonyl (C=O) groups is 1. The largest absolute Gasteiger partial charge is 0.573 e. The molecular weight excluding hydrogens is 409 g/mol. The van der Waals surface area contributed by atoms with Gasteiger partial charge in [0, 0.05) is 0 Å². The van der Waals surface area contributed by atoms with Crippen LogP contribution >= 0.6 is 0 Å². The van der Waals surface area contributed by atoms with E-state index in [1.54, 1.807) is 0 Å². The summed E-state index contributed by atoms with van der Waals surface area (Å²) >= 11 is 0. The van der Waals surface area contributed by atoms with Crippen molar-refractivity contribution in [3.63, 3.8) is 0 Å². The van der Waals surface area contributed by atoms with E-state index in [4.69, 9.17) is 0 Å². The molecule has 1 saturated carbocycles. The smallest absolute Gasteiger partial charge is 0.406 e. The van der Waals surface area contributed by atoms with Crippen LogP contribution in [0.5, 0.6) is 5.75 Å². The van der Waals surface area contributed by atoms with Gasteiger partial charge in [-0.25, -0.2) is 13.1 Å². The fourth-order valence-corrected chi connectivity index (χ4v) is 4.13. The van der Waals surface area contributed by atoms with Crippen LogP contribution in [0.4, 0.5) is 13.2 Å². The predicted molar refractivity (Wildman–Crippen MR) is 98.4 cm³/mol. The van der Waals surface area contributed by atoms with Gasteiger partial charge in [-0.1, -0.05) is 30.3 Å². The molecule has 0 unspecified atom stereocenters. The van der Waals surface area contributed by atoms with E-state index in [2.05, 4.69) is 14.8 Å². The Morgan fingerprint density at radius 1 is 1.03 bits per heavy atom. The number of carbonyl (C=O) groups excluding carboxylic acids is 1. The van der Waals surface area contributed by atoms with Gasteiger partial charge in [-0.2, -0.15) is 0 Å². The molecule has 1 aliphatic rings. The van der Waals surface area contributed by atoms with Gasteiger partial charge < -0.3 is 10.1 Å². The van der Waals surface area contributed by atoms with Crippen LogP contribution < -0.4 is 14.8 Å². The van der Waals surface area contributed by atoms with Crippen molar-refractivity contribution in [2.75, 3.05) is 6.54 Å². The molecule has 1 aliphatic carbocycles. The molecule has 0 heterocycles. The maximum absolute atomic E-state index is 12.3. The molecule has 156 valence electrons. The normalized spacial score (nSPS) is 16.0. The average Bonchev–Trinajstić information content (AvgIpc) is 2.63. The van der Waals surface area contributed by atoms with Crippen molar-refractivity contribution in [3.8, 4) is 5.75 Å². The van der Waals surface area contributed by atoms with Gasteiger partial charge in [0.05, 0.1) is 17.0 Å². The van der Waals surface area contributed by atoms with Crippen molar-refractivity contribution in [1.29, 1.82) is 0 Å². The lowest BCUT2D eigenvalue weighted by Crippen LogP contribution is -2.53. The molecule has 0 aliphatic heterocycles. The van der Waals surface area contributed by atoms with Crippen molar-refractivity contribution in [1.82, 2.24) is 10.0 Å². The number of nitrogens with one attached hydrogen (secondary N) is 2. The summed E-state index contributed by atoms with van der Waals surface area (Å²) < 4.78 is 67.0. The number of benzene rings is 2. The first-order valence-corrected chi connectivity index (χ1v) is 10.3. The highest BCUT2D eigenvalue weighted by molar-refractivity contribution is 7.89. The second-order valence-electron chi connectivity index (χ2n) is 6.69. The second-order valence-corrected chi connectivity index (χ2v) is 8.46. The summed E-state index contributed by atoms with van der Waals surface area (Å²) in [5.41, 5.74) is 0.461. The number of ether oxygens (including phenoxy) is 1. The number of alkyl halides is 3. The highest BCUT2D eigenvalue weighted by Crippen LogP contribution is 2.41. The molecule has 10 heteroatoms. The molecule has 6 nitrogen and oxygen atoms in total. The van der Waals surface area contributed by atoms with Crippen LogP contribution in [0.25, 0.3) is 0 Å². The molecule has 0 atom stereocenters. The van der Waals surface area contributed by atoms with Gasteiger partial charge in [-0.3, -0.25) is 4.79 Å². The summed E-state index contributed by atoms with van der Waals surface area (Å²) in [6, 6.07) is 13.2. The lowest BCUT2D eigenvalue weighted by Gasteiger charge is -2.43. The molecular formula is C19H19F3N2O4S. The van der Waals surface area contributed by atoms with Crippen LogP contribution in [0.15, 0.2) is 59.5 Å². The first kappa shape index (κ1) is 21.1. The van der Waals surface area contributed by atoms with Crippen LogP contribution in [0.1, 0.15) is 24.8 Å². The fraction of sp³-hybridized carbons (Fsp3) is 0.316. The van der Waals surface area contributed by atoms with Crippen LogP contribution in [-0.2, 0) is 20.4 Å². The Bertz CT molecular complexity index is 957. The zero-order valence-corrected chi connectivity index (χ0v) is 16.0. The van der Waals surface area contributed by atoms with E-state index in [0.717, 1.165) is 49.1 Å². The van der Waals surface area contributed by atoms with E-state index >= 15 is 0 Å². The Morgan fingerprint density at radius 3 is 2.17 bits per heavy atom. The summed E-state index contributed by atoms with van der Waals surface area (Å²) in [4.78, 5) is 12.1. The van der Waals surface area contributed by atoms with E-state index < -0.39 is 40.1 Å². The highest BCUT2D eigenvalue weighted by Gasteiger charge is 2.39. The molecule has 29 heavy (non-hydrogen) atoms. The van der Waals surface area contributed by atoms with E-state index in [1.165, 1.54) is 0 Å². The summed E-state index contributed by atoms with van der Waals surface area (Å²) in [7, 11) is -4.07. The van der Waals surface area contributed by atoms with Gasteiger partial charge >= 0.3 is 6.36 Å². The minimum absolute atomic E-state index is 0.277. The second kappa shape index (κ2) is 8.03. The van der Waals surface area contributed by atoms with Gasteiger partial charge in [0.15, 0.2) is 0 Å². The molecule has 0 saturated heterocycles. The van der Waals surface area contributed by atoms with Gasteiger partial charge in [0.25, 0.3) is 0 Å². The summed E-state index contributed by atoms with van der Waals surface area (Å²) in [6.07, 6.45) is -2.40. The standard InChI is InChI=1S/C19H19F3N2O4S/c20-19(21,22)28-15-7-9-16(10-8-15)29(26,27)23-13-17(25)24-18(11-4-12-18)14-5-2-1-3-6-14/h1-3,5-10,23H,4,11-13H2,(H,24,25). The molecule has 2 N–H and O–H groups in total. The number of rotatable bonds is 7. The van der Waals surface area contributed by atoms with E-state index in [1.807, 2.05) is 30.3 Å². The number of halogens is 3. The first-order valence-electron chi connectivity index (χ1n) is 8.82. The molecule has 0 bridgehead atoms. The van der Waals surface area contributed by atoms with Crippen LogP contribution in [0.2, 0.25) is 0 Å². The van der Waals surface area contributed by atoms with E-state index in [9.17, 15) is 26.4 Å². The number of amides is 1. The molecule has 1 fully saturated rings. The molecule has 3 rings (SSSR count). The highest BCUT2D eigenvalue weighted by atomic mass is 32.2. The SMILES string of the molecule is O=C(CNS(=O)(=O)c1ccc(OC(F)(F)F)cc1)NC1(c2ccccc2)CCC1. The topological polar surface area (TPSA) is 84.5 Å². The Hall–Kier alpha value is -2.59. The van der Waals surface area contributed by atoms with Crippen molar-refractivity contribution < 1.29 is 31.1 Å². The monoisotopic (exact) mass is 428 g/mol. The maximum atomic E-state index is 12.3. The predicted octanol–water partition coefficient (Wildman–Crippen LogP) is 3.06. The van der Waals surface area contributed by atoms with Crippen molar-refractivity contribution >= 4 is 15.9 Å². The summed E-state index contributed by atoms with van der Waals surface area (Å²) in [5.74, 6) is -1.03. The van der Waals surface area contributed by atoms with E-state index in [-0.39, 0.29) is 4.90 Å². The third kappa shape index (κ3) is 5.27. The quantitative estimate of drug-likeness (QED) is 0.710. The van der Waals surface area contributed by atoms with Crippen molar-refractivity contribution in [2.24, 2.45) is 0 Å². The Morgan fingerprint density at radius 2 is 1.66 bits per heavy atom. The van der Waals surface area contributed by atoms with E-state index in [0.29, 0.717) is 0 Å². The molecule has 2 aromatic rings. The first-order chi connectivity index (χ1) is 13.6. The lowest BCUT2D eigenvalue weighted by atomic mass is 9.72. The number of hydrogen-bond donors (Lipinski definition) is 2. The molecule has 2 aromatic carbocycles. The average molecular weight is 428 g/mol. The minimum atomic E-state index is -4.87. The number of hydrogen-bond acceptors (Lipinski definition) is 4. The third-order valence-electron chi connectivity index (χ3n) is 4.70. The molecule has 0 radical (unpaired) electrons. The Kier molecular flexibility index (Phi) is 5.85. The molecule has 0 spiro atoms. The Balaban J connectivity index is 1.60. The maximum Gasteiger partial charge on any atom is 0.573 e. The molecule has 1 amide bonds. The van der Waals surface area contributed by atoms with Gasteiger partial charge in [0.1, 0.15) is 5.75 Å². The van der Waals surface area contributed by atoms with Crippen LogP contribution in [0.3, 0.4) is 0 Å². The zero-order valence-electron chi connectivity index (χ0n) is 15.2. The summed E-state index contributed by atoms with van der Waals surface area (Å²) in [5, 5.41) is 2.89. The van der Waals surface area contributed by atoms with Gasteiger partial charge in [-0.15, -0.1) is 13.2 Å². The third-order valence-corrected chi connectivity index (χ3v) is 6.12. The van der Waals surface area contributed by atoms with Gasteiger partial charge in [-0.05, 0) is 49.1 Å². The van der Waals surface area contributed by atoms with Crippen molar-refractivity contribution in [3.05, 3.63) is 60.2 Å². The van der Waals surface area contributed by atoms with Crippen molar-refractivity contribution in [2.45, 2.75) is 36.1 Å². The van der Waals surface area contributed by atoms with Crippen LogP contribution in [-0.4, -0.2) is 27.2 Å². The lowest BCUT2D eigenvalue weighted by molar-refractivity contribution is -0.274.